The van der Waals surface area contributed by atoms with E-state index in [1.165, 1.54) is 37.0 Å². The van der Waals surface area contributed by atoms with E-state index in [-0.39, 0.29) is 0 Å². The van der Waals surface area contributed by atoms with E-state index in [1.807, 2.05) is 13.0 Å². The van der Waals surface area contributed by atoms with Crippen molar-refractivity contribution in [2.45, 2.75) is 32.6 Å². The molecule has 0 spiro atoms. The Bertz CT molecular complexity index is 555. The van der Waals surface area contributed by atoms with Crippen molar-refractivity contribution in [3.05, 3.63) is 11.6 Å². The SMILES string of the molecule is Cc1cc(N)sc1-c1nc(N2CCCCCC2)no1. The van der Waals surface area contributed by atoms with E-state index >= 15 is 0 Å². The molecule has 0 radical (unpaired) electrons. The smallest absolute Gasteiger partial charge is 0.269 e. The molecule has 1 aliphatic heterocycles. The minimum Gasteiger partial charge on any atom is -0.391 e. The summed E-state index contributed by atoms with van der Waals surface area (Å²) in [5.41, 5.74) is 6.90. The summed E-state index contributed by atoms with van der Waals surface area (Å²) in [5, 5.41) is 4.89. The van der Waals surface area contributed by atoms with Crippen molar-refractivity contribution in [1.29, 1.82) is 0 Å². The fourth-order valence-electron chi connectivity index (χ4n) is 2.43. The lowest BCUT2D eigenvalue weighted by atomic mass is 10.2. The number of thiophene rings is 1. The number of nitrogens with two attached hydrogens (primary N) is 1. The van der Waals surface area contributed by atoms with Gasteiger partial charge < -0.3 is 15.2 Å². The highest BCUT2D eigenvalue weighted by Gasteiger charge is 2.18. The molecule has 3 heterocycles. The van der Waals surface area contributed by atoms with Gasteiger partial charge in [-0.2, -0.15) is 4.98 Å². The van der Waals surface area contributed by atoms with Crippen molar-refractivity contribution in [3.63, 3.8) is 0 Å². The highest BCUT2D eigenvalue weighted by atomic mass is 32.1. The predicted octanol–water partition coefficient (Wildman–Crippen LogP) is 3.07. The molecule has 2 aromatic rings. The van der Waals surface area contributed by atoms with Gasteiger partial charge in [0.05, 0.1) is 9.88 Å². The lowest BCUT2D eigenvalue weighted by molar-refractivity contribution is 0.430. The maximum absolute atomic E-state index is 5.81. The van der Waals surface area contributed by atoms with Crippen LogP contribution in [0.3, 0.4) is 0 Å². The molecule has 6 heteroatoms. The van der Waals surface area contributed by atoms with Gasteiger partial charge in [0, 0.05) is 13.1 Å². The zero-order chi connectivity index (χ0) is 13.2. The van der Waals surface area contributed by atoms with Crippen molar-refractivity contribution in [2.75, 3.05) is 23.7 Å². The predicted molar refractivity (Wildman–Crippen MR) is 77.4 cm³/mol. The van der Waals surface area contributed by atoms with Crippen LogP contribution in [0.1, 0.15) is 31.2 Å². The number of rotatable bonds is 2. The molecule has 0 atom stereocenters. The summed E-state index contributed by atoms with van der Waals surface area (Å²) in [4.78, 5) is 7.72. The first kappa shape index (κ1) is 12.5. The Morgan fingerprint density at radius 2 is 2.00 bits per heavy atom. The second-order valence-electron chi connectivity index (χ2n) is 4.96. The summed E-state index contributed by atoms with van der Waals surface area (Å²) in [6, 6.07) is 1.94. The number of hydrogen-bond donors (Lipinski definition) is 1. The van der Waals surface area contributed by atoms with Crippen molar-refractivity contribution in [1.82, 2.24) is 10.1 Å². The van der Waals surface area contributed by atoms with Crippen LogP contribution >= 0.6 is 11.3 Å². The molecule has 0 aromatic carbocycles. The first-order chi connectivity index (χ1) is 9.24. The monoisotopic (exact) mass is 278 g/mol. The molecular weight excluding hydrogens is 260 g/mol. The molecule has 2 N–H and O–H groups in total. The molecular formula is C13H18N4OS. The zero-order valence-electron chi connectivity index (χ0n) is 11.1. The van der Waals surface area contributed by atoms with Gasteiger partial charge in [0.25, 0.3) is 11.8 Å². The zero-order valence-corrected chi connectivity index (χ0v) is 11.9. The number of nitrogen functional groups attached to an aromatic ring is 1. The van der Waals surface area contributed by atoms with E-state index in [2.05, 4.69) is 15.0 Å². The van der Waals surface area contributed by atoms with E-state index in [4.69, 9.17) is 10.3 Å². The molecule has 3 rings (SSSR count). The highest BCUT2D eigenvalue weighted by molar-refractivity contribution is 7.19. The van der Waals surface area contributed by atoms with Gasteiger partial charge in [-0.3, -0.25) is 0 Å². The maximum atomic E-state index is 5.81. The lowest BCUT2D eigenvalue weighted by Crippen LogP contribution is -2.24. The summed E-state index contributed by atoms with van der Waals surface area (Å²) < 4.78 is 5.39. The highest BCUT2D eigenvalue weighted by Crippen LogP contribution is 2.33. The fraction of sp³-hybridized carbons (Fsp3) is 0.538. The Labute approximate surface area is 116 Å². The minimum absolute atomic E-state index is 0.582. The Hall–Kier alpha value is -1.56. The number of aryl methyl sites for hydroxylation is 1. The van der Waals surface area contributed by atoms with Crippen LogP contribution in [0.2, 0.25) is 0 Å². The minimum atomic E-state index is 0.582. The van der Waals surface area contributed by atoms with Gasteiger partial charge in [0.15, 0.2) is 0 Å². The molecule has 1 saturated heterocycles. The van der Waals surface area contributed by atoms with Gasteiger partial charge >= 0.3 is 0 Å². The summed E-state index contributed by atoms with van der Waals surface area (Å²) in [6.45, 7) is 4.05. The van der Waals surface area contributed by atoms with Crippen molar-refractivity contribution in [2.24, 2.45) is 0 Å². The standard InChI is InChI=1S/C13H18N4OS/c1-9-8-10(14)19-11(9)12-15-13(16-18-12)17-6-4-2-3-5-7-17/h8H,2-7,14H2,1H3. The Morgan fingerprint density at radius 3 is 2.63 bits per heavy atom. The molecule has 2 aromatic heterocycles. The van der Waals surface area contributed by atoms with Gasteiger partial charge in [-0.1, -0.05) is 12.8 Å². The van der Waals surface area contributed by atoms with Crippen LogP contribution in [0.5, 0.6) is 0 Å². The largest absolute Gasteiger partial charge is 0.391 e. The molecule has 1 aliphatic rings. The molecule has 0 aliphatic carbocycles. The molecule has 0 bridgehead atoms. The number of aromatic nitrogens is 2. The average molecular weight is 278 g/mol. The van der Waals surface area contributed by atoms with Gasteiger partial charge in [-0.05, 0) is 36.6 Å². The first-order valence-electron chi connectivity index (χ1n) is 6.69. The number of nitrogens with zero attached hydrogens (tertiary/aromatic N) is 3. The molecule has 19 heavy (non-hydrogen) atoms. The van der Waals surface area contributed by atoms with E-state index < -0.39 is 0 Å². The van der Waals surface area contributed by atoms with E-state index in [0.717, 1.165) is 28.5 Å². The van der Waals surface area contributed by atoms with Crippen LogP contribution in [0.25, 0.3) is 10.8 Å². The second-order valence-corrected chi connectivity index (χ2v) is 6.05. The van der Waals surface area contributed by atoms with Gasteiger partial charge in [0.2, 0.25) is 0 Å². The number of hydrogen-bond acceptors (Lipinski definition) is 6. The molecule has 102 valence electrons. The molecule has 0 amide bonds. The van der Waals surface area contributed by atoms with Gasteiger partial charge in [-0.15, -0.1) is 11.3 Å². The topological polar surface area (TPSA) is 68.2 Å². The summed E-state index contributed by atoms with van der Waals surface area (Å²) in [7, 11) is 0. The second kappa shape index (κ2) is 5.21. The van der Waals surface area contributed by atoms with Crippen LogP contribution in [-0.2, 0) is 0 Å². The average Bonchev–Trinajstić information content (AvgIpc) is 2.88. The third kappa shape index (κ3) is 2.58. The summed E-state index contributed by atoms with van der Waals surface area (Å²) in [5.74, 6) is 1.29. The van der Waals surface area contributed by atoms with Crippen LogP contribution in [0, 0.1) is 6.92 Å². The normalized spacial score (nSPS) is 16.6. The van der Waals surface area contributed by atoms with Crippen LogP contribution in [0.4, 0.5) is 10.9 Å². The Balaban J connectivity index is 1.84. The number of anilines is 2. The van der Waals surface area contributed by atoms with Gasteiger partial charge in [-0.25, -0.2) is 0 Å². The molecule has 0 unspecified atom stereocenters. The fourth-order valence-corrected chi connectivity index (χ4v) is 3.29. The third-order valence-corrected chi connectivity index (χ3v) is 4.49. The third-order valence-electron chi connectivity index (χ3n) is 3.44. The first-order valence-corrected chi connectivity index (χ1v) is 7.50. The molecule has 0 saturated carbocycles. The van der Waals surface area contributed by atoms with Gasteiger partial charge in [0.1, 0.15) is 0 Å². The van der Waals surface area contributed by atoms with Crippen LogP contribution in [0.15, 0.2) is 10.6 Å². The van der Waals surface area contributed by atoms with E-state index in [1.54, 1.807) is 0 Å². The van der Waals surface area contributed by atoms with Crippen molar-refractivity contribution >= 4 is 22.3 Å². The quantitative estimate of drug-likeness (QED) is 0.914. The Kier molecular flexibility index (Phi) is 3.42. The van der Waals surface area contributed by atoms with Crippen molar-refractivity contribution < 1.29 is 4.52 Å². The van der Waals surface area contributed by atoms with Crippen molar-refractivity contribution in [3.8, 4) is 10.8 Å². The summed E-state index contributed by atoms with van der Waals surface area (Å²) in [6.07, 6.45) is 4.99. The molecule has 1 fully saturated rings. The van der Waals surface area contributed by atoms with Crippen LogP contribution < -0.4 is 10.6 Å². The molecule has 5 nitrogen and oxygen atoms in total. The lowest BCUT2D eigenvalue weighted by Gasteiger charge is -2.16. The van der Waals surface area contributed by atoms with E-state index in [0.29, 0.717) is 11.8 Å². The van der Waals surface area contributed by atoms with E-state index in [9.17, 15) is 0 Å². The Morgan fingerprint density at radius 1 is 1.26 bits per heavy atom. The summed E-state index contributed by atoms with van der Waals surface area (Å²) >= 11 is 1.49. The van der Waals surface area contributed by atoms with Crippen LogP contribution in [-0.4, -0.2) is 23.2 Å². The maximum Gasteiger partial charge on any atom is 0.269 e.